The second-order valence-electron chi connectivity index (χ2n) is 4.86. The number of benzene rings is 1. The molecule has 3 aromatic rings. The third kappa shape index (κ3) is 2.62. The molecule has 1 amide bonds. The minimum Gasteiger partial charge on any atom is -0.342 e. The van der Waals surface area contributed by atoms with Crippen LogP contribution in [0.2, 0.25) is 5.02 Å². The van der Waals surface area contributed by atoms with Crippen LogP contribution in [0.3, 0.4) is 0 Å². The van der Waals surface area contributed by atoms with Gasteiger partial charge < -0.3 is 5.32 Å². The number of amides is 1. The van der Waals surface area contributed by atoms with E-state index in [9.17, 15) is 4.79 Å². The molecular formula is C16H15ClN3O+. The van der Waals surface area contributed by atoms with Gasteiger partial charge in [0, 0.05) is 5.02 Å². The Balaban J connectivity index is 1.85. The first kappa shape index (κ1) is 13.6. The van der Waals surface area contributed by atoms with E-state index in [2.05, 4.69) is 10.3 Å². The van der Waals surface area contributed by atoms with Crippen LogP contribution in [-0.4, -0.2) is 10.9 Å². The molecule has 0 fully saturated rings. The molecule has 1 unspecified atom stereocenters. The number of aromatic nitrogens is 2. The number of carbonyl (C=O) groups excluding carboxylic acids is 1. The van der Waals surface area contributed by atoms with Crippen LogP contribution >= 0.6 is 11.6 Å². The molecule has 0 saturated heterocycles. The molecule has 0 aliphatic heterocycles. The van der Waals surface area contributed by atoms with E-state index in [1.165, 1.54) is 0 Å². The van der Waals surface area contributed by atoms with Gasteiger partial charge in [0.05, 0.1) is 12.2 Å². The maximum Gasteiger partial charge on any atom is 0.296 e. The average molecular weight is 301 g/mol. The van der Waals surface area contributed by atoms with E-state index in [4.69, 9.17) is 11.6 Å². The highest BCUT2D eigenvalue weighted by Crippen LogP contribution is 2.22. The van der Waals surface area contributed by atoms with Crippen molar-refractivity contribution in [2.24, 2.45) is 0 Å². The van der Waals surface area contributed by atoms with Gasteiger partial charge in [-0.2, -0.15) is 0 Å². The van der Waals surface area contributed by atoms with E-state index < -0.39 is 0 Å². The van der Waals surface area contributed by atoms with E-state index in [1.54, 1.807) is 6.33 Å². The molecule has 2 aromatic heterocycles. The summed E-state index contributed by atoms with van der Waals surface area (Å²) in [4.78, 5) is 15.4. The number of aromatic amines is 1. The molecule has 1 aromatic carbocycles. The van der Waals surface area contributed by atoms with Gasteiger partial charge in [0.1, 0.15) is 0 Å². The van der Waals surface area contributed by atoms with Crippen molar-refractivity contribution >= 4 is 23.0 Å². The fraction of sp³-hybridized carbons (Fsp3) is 0.125. The molecule has 3 rings (SSSR count). The molecule has 5 heteroatoms. The summed E-state index contributed by atoms with van der Waals surface area (Å²) in [6.07, 6.45) is 3.64. The topological polar surface area (TPSA) is 49.0 Å². The summed E-state index contributed by atoms with van der Waals surface area (Å²) in [5.74, 6) is -0.156. The highest BCUT2D eigenvalue weighted by molar-refractivity contribution is 6.31. The number of hydrogen-bond acceptors (Lipinski definition) is 1. The summed E-state index contributed by atoms with van der Waals surface area (Å²) in [5, 5.41) is 3.61. The molecule has 0 bridgehead atoms. The Hall–Kier alpha value is -2.33. The zero-order valence-electron chi connectivity index (χ0n) is 11.5. The monoisotopic (exact) mass is 300 g/mol. The highest BCUT2D eigenvalue weighted by Gasteiger charge is 2.21. The number of rotatable bonds is 3. The first-order chi connectivity index (χ1) is 10.2. The molecule has 106 valence electrons. The first-order valence-electron chi connectivity index (χ1n) is 6.69. The van der Waals surface area contributed by atoms with Crippen molar-refractivity contribution in [2.75, 3.05) is 0 Å². The van der Waals surface area contributed by atoms with Gasteiger partial charge in [0.2, 0.25) is 12.0 Å². The molecular weight excluding hydrogens is 286 g/mol. The first-order valence-corrected chi connectivity index (χ1v) is 7.07. The van der Waals surface area contributed by atoms with Crippen molar-refractivity contribution in [3.05, 3.63) is 71.3 Å². The van der Waals surface area contributed by atoms with Crippen LogP contribution in [0, 0.1) is 0 Å². The molecule has 1 atom stereocenters. The lowest BCUT2D eigenvalue weighted by Gasteiger charge is -2.14. The van der Waals surface area contributed by atoms with Gasteiger partial charge >= 0.3 is 0 Å². The van der Waals surface area contributed by atoms with Crippen LogP contribution in [0.15, 0.2) is 55.0 Å². The predicted molar refractivity (Wildman–Crippen MR) is 81.3 cm³/mol. The van der Waals surface area contributed by atoms with Crippen LogP contribution in [0.1, 0.15) is 29.0 Å². The predicted octanol–water partition coefficient (Wildman–Crippen LogP) is 2.90. The number of hydrogen-bond donors (Lipinski definition) is 2. The lowest BCUT2D eigenvalue weighted by molar-refractivity contribution is -0.511. The fourth-order valence-electron chi connectivity index (χ4n) is 2.34. The number of nitrogens with zero attached hydrogens (tertiary/aromatic N) is 1. The van der Waals surface area contributed by atoms with Crippen molar-refractivity contribution in [3.63, 3.8) is 0 Å². The van der Waals surface area contributed by atoms with E-state index in [0.29, 0.717) is 10.7 Å². The van der Waals surface area contributed by atoms with E-state index in [0.717, 1.165) is 11.1 Å². The van der Waals surface area contributed by atoms with E-state index in [1.807, 2.05) is 60.0 Å². The van der Waals surface area contributed by atoms with E-state index >= 15 is 0 Å². The minimum absolute atomic E-state index is 0.156. The molecule has 2 heterocycles. The normalized spacial score (nSPS) is 12.3. The number of fused-ring (bicyclic) bond motifs is 1. The molecule has 0 aliphatic rings. The number of pyridine rings is 1. The van der Waals surface area contributed by atoms with Crippen molar-refractivity contribution in [3.8, 4) is 0 Å². The summed E-state index contributed by atoms with van der Waals surface area (Å²) in [5.41, 5.74) is 2.27. The Morgan fingerprint density at radius 2 is 2.00 bits per heavy atom. The standard InChI is InChI=1S/C16H14ClN3O/c1-11(12-6-2-3-7-13(12)17)19-16(21)15-14-8-4-5-9-20(14)10-18-15/h2-11H,1H3,(H,19,21)/p+1. The molecule has 2 N–H and O–H groups in total. The largest absolute Gasteiger partial charge is 0.342 e. The molecule has 4 nitrogen and oxygen atoms in total. The second-order valence-corrected chi connectivity index (χ2v) is 5.27. The van der Waals surface area contributed by atoms with Crippen molar-refractivity contribution in [1.82, 2.24) is 10.3 Å². The highest BCUT2D eigenvalue weighted by atomic mass is 35.5. The number of carbonyl (C=O) groups is 1. The van der Waals surface area contributed by atoms with Gasteiger partial charge in [-0.05, 0) is 30.7 Å². The summed E-state index contributed by atoms with van der Waals surface area (Å²) >= 11 is 6.16. The van der Waals surface area contributed by atoms with Gasteiger partial charge in [-0.25, -0.2) is 9.38 Å². The van der Waals surface area contributed by atoms with E-state index in [-0.39, 0.29) is 11.9 Å². The van der Waals surface area contributed by atoms with Crippen LogP contribution < -0.4 is 9.72 Å². The summed E-state index contributed by atoms with van der Waals surface area (Å²) < 4.78 is 1.87. The van der Waals surface area contributed by atoms with Gasteiger partial charge in [0.25, 0.3) is 5.91 Å². The Morgan fingerprint density at radius 1 is 1.24 bits per heavy atom. The molecule has 0 saturated carbocycles. The van der Waals surface area contributed by atoms with Crippen LogP contribution in [0.5, 0.6) is 0 Å². The van der Waals surface area contributed by atoms with Crippen LogP contribution in [-0.2, 0) is 0 Å². The summed E-state index contributed by atoms with van der Waals surface area (Å²) in [7, 11) is 0. The Bertz CT molecular complexity index is 797. The Morgan fingerprint density at radius 3 is 2.81 bits per heavy atom. The maximum atomic E-state index is 12.4. The molecule has 0 spiro atoms. The molecule has 0 radical (unpaired) electrons. The number of H-pyrrole nitrogens is 1. The quantitative estimate of drug-likeness (QED) is 0.718. The number of halogens is 1. The lowest BCUT2D eigenvalue weighted by atomic mass is 10.1. The Kier molecular flexibility index (Phi) is 3.62. The van der Waals surface area contributed by atoms with Gasteiger partial charge in [-0.1, -0.05) is 35.9 Å². The van der Waals surface area contributed by atoms with Crippen molar-refractivity contribution < 1.29 is 9.20 Å². The third-order valence-corrected chi connectivity index (χ3v) is 3.78. The smallest absolute Gasteiger partial charge is 0.296 e. The lowest BCUT2D eigenvalue weighted by Crippen LogP contribution is -2.28. The maximum absolute atomic E-state index is 12.4. The molecule has 0 aliphatic carbocycles. The second kappa shape index (κ2) is 5.58. The summed E-state index contributed by atoms with van der Waals surface area (Å²) in [6.45, 7) is 1.91. The molecule has 21 heavy (non-hydrogen) atoms. The van der Waals surface area contributed by atoms with Crippen molar-refractivity contribution in [1.29, 1.82) is 0 Å². The Labute approximate surface area is 127 Å². The summed E-state index contributed by atoms with van der Waals surface area (Å²) in [6, 6.07) is 13.0. The fourth-order valence-corrected chi connectivity index (χ4v) is 2.64. The van der Waals surface area contributed by atoms with Crippen LogP contribution in [0.25, 0.3) is 5.52 Å². The zero-order valence-corrected chi connectivity index (χ0v) is 12.3. The average Bonchev–Trinajstić information content (AvgIpc) is 2.91. The number of nitrogens with one attached hydrogen (secondary N) is 2. The van der Waals surface area contributed by atoms with Crippen LogP contribution in [0.4, 0.5) is 0 Å². The third-order valence-electron chi connectivity index (χ3n) is 3.44. The zero-order chi connectivity index (χ0) is 14.8. The van der Waals surface area contributed by atoms with Gasteiger partial charge in [-0.15, -0.1) is 0 Å². The minimum atomic E-state index is -0.168. The van der Waals surface area contributed by atoms with Gasteiger partial charge in [-0.3, -0.25) is 4.79 Å². The SMILES string of the molecule is CC(NC(=O)c1[nH]c[n+]2ccccc12)c1ccccc1Cl. The number of imidazole rings is 1. The van der Waals surface area contributed by atoms with Gasteiger partial charge in [0.15, 0.2) is 5.52 Å². The van der Waals surface area contributed by atoms with Crippen molar-refractivity contribution in [2.45, 2.75) is 13.0 Å².